The van der Waals surface area contributed by atoms with Crippen molar-refractivity contribution in [3.8, 4) is 0 Å². The topological polar surface area (TPSA) is 59.8 Å². The number of rotatable bonds is 4. The first-order chi connectivity index (χ1) is 8.54. The summed E-state index contributed by atoms with van der Waals surface area (Å²) in [6.07, 6.45) is 3.58. The summed E-state index contributed by atoms with van der Waals surface area (Å²) in [5.41, 5.74) is 0.953. The number of halogens is 1. The molecular formula is C11H13ClN4OS. The number of thiazole rings is 1. The molecule has 0 aromatic carbocycles. The molecule has 7 heteroatoms. The van der Waals surface area contributed by atoms with Crippen molar-refractivity contribution in [2.45, 2.75) is 26.8 Å². The summed E-state index contributed by atoms with van der Waals surface area (Å²) >= 11 is 7.22. The Hall–Kier alpha value is -1.40. The molecule has 0 spiro atoms. The average molecular weight is 285 g/mol. The van der Waals surface area contributed by atoms with E-state index in [-0.39, 0.29) is 5.91 Å². The molecule has 0 aliphatic heterocycles. The van der Waals surface area contributed by atoms with Gasteiger partial charge in [-0.2, -0.15) is 5.10 Å². The SMILES string of the molecule is Cc1nc(NC(=O)CCn2cc(Cl)cn2)sc1C. The molecule has 1 amide bonds. The highest BCUT2D eigenvalue weighted by Crippen LogP contribution is 2.21. The molecule has 2 aromatic rings. The molecular weight excluding hydrogens is 272 g/mol. The molecule has 1 N–H and O–H groups in total. The van der Waals surface area contributed by atoms with Gasteiger partial charge in [-0.25, -0.2) is 4.98 Å². The molecule has 18 heavy (non-hydrogen) atoms. The summed E-state index contributed by atoms with van der Waals surface area (Å²) in [7, 11) is 0. The lowest BCUT2D eigenvalue weighted by atomic mass is 10.4. The van der Waals surface area contributed by atoms with Crippen molar-refractivity contribution in [1.29, 1.82) is 0 Å². The van der Waals surface area contributed by atoms with Gasteiger partial charge in [-0.1, -0.05) is 11.6 Å². The number of amides is 1. The summed E-state index contributed by atoms with van der Waals surface area (Å²) in [5.74, 6) is -0.0737. The molecule has 0 aliphatic carbocycles. The van der Waals surface area contributed by atoms with Crippen LogP contribution in [0, 0.1) is 13.8 Å². The van der Waals surface area contributed by atoms with Crippen LogP contribution >= 0.6 is 22.9 Å². The monoisotopic (exact) mass is 284 g/mol. The van der Waals surface area contributed by atoms with E-state index < -0.39 is 0 Å². The van der Waals surface area contributed by atoms with Gasteiger partial charge in [-0.05, 0) is 13.8 Å². The molecule has 0 fully saturated rings. The van der Waals surface area contributed by atoms with Crippen molar-refractivity contribution in [2.75, 3.05) is 5.32 Å². The van der Waals surface area contributed by atoms with Gasteiger partial charge >= 0.3 is 0 Å². The van der Waals surface area contributed by atoms with Crippen molar-refractivity contribution < 1.29 is 4.79 Å². The van der Waals surface area contributed by atoms with Crippen molar-refractivity contribution in [3.63, 3.8) is 0 Å². The third kappa shape index (κ3) is 3.30. The number of anilines is 1. The molecule has 2 aromatic heterocycles. The van der Waals surface area contributed by atoms with Crippen molar-refractivity contribution in [3.05, 3.63) is 28.0 Å². The van der Waals surface area contributed by atoms with Gasteiger partial charge in [0, 0.05) is 24.0 Å². The van der Waals surface area contributed by atoms with Crippen LogP contribution in [0.4, 0.5) is 5.13 Å². The van der Waals surface area contributed by atoms with Gasteiger partial charge in [0.15, 0.2) is 5.13 Å². The molecule has 0 unspecified atom stereocenters. The molecule has 0 radical (unpaired) electrons. The zero-order valence-electron chi connectivity index (χ0n) is 10.1. The van der Waals surface area contributed by atoms with Crippen LogP contribution in [0.1, 0.15) is 17.0 Å². The number of carbonyl (C=O) groups excluding carboxylic acids is 1. The first-order valence-electron chi connectivity index (χ1n) is 5.46. The van der Waals surface area contributed by atoms with Crippen molar-refractivity contribution >= 4 is 34.0 Å². The Morgan fingerprint density at radius 3 is 2.89 bits per heavy atom. The van der Waals surface area contributed by atoms with E-state index in [0.717, 1.165) is 10.6 Å². The maximum atomic E-state index is 11.7. The van der Waals surface area contributed by atoms with Gasteiger partial charge in [-0.15, -0.1) is 11.3 Å². The molecule has 0 atom stereocenters. The second-order valence-electron chi connectivity index (χ2n) is 3.88. The summed E-state index contributed by atoms with van der Waals surface area (Å²) in [6, 6.07) is 0. The van der Waals surface area contributed by atoms with Crippen LogP contribution in [0.25, 0.3) is 0 Å². The number of hydrogen-bond donors (Lipinski definition) is 1. The summed E-state index contributed by atoms with van der Waals surface area (Å²) < 4.78 is 1.64. The maximum Gasteiger partial charge on any atom is 0.228 e. The largest absolute Gasteiger partial charge is 0.302 e. The molecule has 0 bridgehead atoms. The van der Waals surface area contributed by atoms with Crippen LogP contribution < -0.4 is 5.32 Å². The van der Waals surface area contributed by atoms with E-state index in [4.69, 9.17) is 11.6 Å². The van der Waals surface area contributed by atoms with Crippen molar-refractivity contribution in [2.24, 2.45) is 0 Å². The lowest BCUT2D eigenvalue weighted by Gasteiger charge is -2.01. The first-order valence-corrected chi connectivity index (χ1v) is 6.66. The van der Waals surface area contributed by atoms with Crippen LogP contribution in [0.15, 0.2) is 12.4 Å². The number of carbonyl (C=O) groups is 1. The van der Waals surface area contributed by atoms with Crippen molar-refractivity contribution in [1.82, 2.24) is 14.8 Å². The minimum atomic E-state index is -0.0737. The number of aromatic nitrogens is 3. The molecule has 0 aliphatic rings. The van der Waals surface area contributed by atoms with E-state index in [1.165, 1.54) is 11.3 Å². The van der Waals surface area contributed by atoms with E-state index in [1.54, 1.807) is 17.1 Å². The first kappa shape index (κ1) is 13.0. The molecule has 2 heterocycles. The Kier molecular flexibility index (Phi) is 3.98. The van der Waals surface area contributed by atoms with Gasteiger partial charge in [0.05, 0.1) is 16.9 Å². The van der Waals surface area contributed by atoms with Gasteiger partial charge in [0.2, 0.25) is 5.91 Å². The average Bonchev–Trinajstić information content (AvgIpc) is 2.84. The Morgan fingerprint density at radius 2 is 2.33 bits per heavy atom. The lowest BCUT2D eigenvalue weighted by Crippen LogP contribution is -2.14. The number of nitrogens with zero attached hydrogens (tertiary/aromatic N) is 3. The van der Waals surface area contributed by atoms with Gasteiger partial charge in [0.1, 0.15) is 0 Å². The van der Waals surface area contributed by atoms with E-state index in [1.807, 2.05) is 13.8 Å². The second-order valence-corrected chi connectivity index (χ2v) is 5.52. The molecule has 2 rings (SSSR count). The minimum Gasteiger partial charge on any atom is -0.302 e. The van der Waals surface area contributed by atoms with Crippen LogP contribution in [-0.4, -0.2) is 20.7 Å². The normalized spacial score (nSPS) is 10.6. The Morgan fingerprint density at radius 1 is 1.56 bits per heavy atom. The van der Waals surface area contributed by atoms with Crippen LogP contribution in [-0.2, 0) is 11.3 Å². The Labute approximate surface area is 114 Å². The third-order valence-electron chi connectivity index (χ3n) is 2.44. The summed E-state index contributed by atoms with van der Waals surface area (Å²) in [5, 5.41) is 8.00. The number of aryl methyl sites for hydroxylation is 3. The zero-order chi connectivity index (χ0) is 13.1. The lowest BCUT2D eigenvalue weighted by molar-refractivity contribution is -0.116. The highest BCUT2D eigenvalue weighted by molar-refractivity contribution is 7.15. The van der Waals surface area contributed by atoms with Gasteiger partial charge in [-0.3, -0.25) is 9.48 Å². The Bertz CT molecular complexity index is 544. The number of hydrogen-bond acceptors (Lipinski definition) is 4. The summed E-state index contributed by atoms with van der Waals surface area (Å²) in [4.78, 5) is 17.1. The standard InChI is InChI=1S/C11H13ClN4OS/c1-7-8(2)18-11(14-7)15-10(17)3-4-16-6-9(12)5-13-16/h5-6H,3-4H2,1-2H3,(H,14,15,17). The van der Waals surface area contributed by atoms with E-state index in [2.05, 4.69) is 15.4 Å². The smallest absolute Gasteiger partial charge is 0.228 e. The van der Waals surface area contributed by atoms with Crippen LogP contribution in [0.3, 0.4) is 0 Å². The molecule has 0 saturated carbocycles. The number of nitrogens with one attached hydrogen (secondary N) is 1. The molecule has 5 nitrogen and oxygen atoms in total. The predicted octanol–water partition coefficient (Wildman–Crippen LogP) is 2.64. The fraction of sp³-hybridized carbons (Fsp3) is 0.364. The molecule has 96 valence electrons. The fourth-order valence-electron chi connectivity index (χ4n) is 1.38. The third-order valence-corrected chi connectivity index (χ3v) is 3.63. The van der Waals surface area contributed by atoms with Gasteiger partial charge in [0.25, 0.3) is 0 Å². The predicted molar refractivity (Wildman–Crippen MR) is 72.1 cm³/mol. The fourth-order valence-corrected chi connectivity index (χ4v) is 2.37. The second kappa shape index (κ2) is 5.49. The maximum absolute atomic E-state index is 11.7. The van der Waals surface area contributed by atoms with E-state index >= 15 is 0 Å². The van der Waals surface area contributed by atoms with Crippen LogP contribution in [0.2, 0.25) is 5.02 Å². The summed E-state index contributed by atoms with van der Waals surface area (Å²) in [6.45, 7) is 4.41. The van der Waals surface area contributed by atoms with Gasteiger partial charge < -0.3 is 5.32 Å². The van der Waals surface area contributed by atoms with Crippen LogP contribution in [0.5, 0.6) is 0 Å². The highest BCUT2D eigenvalue weighted by Gasteiger charge is 2.08. The van der Waals surface area contributed by atoms with E-state index in [0.29, 0.717) is 23.1 Å². The Balaban J connectivity index is 1.85. The minimum absolute atomic E-state index is 0.0737. The quantitative estimate of drug-likeness (QED) is 0.939. The zero-order valence-corrected chi connectivity index (χ0v) is 11.7. The van der Waals surface area contributed by atoms with E-state index in [9.17, 15) is 4.79 Å². The molecule has 0 saturated heterocycles. The highest BCUT2D eigenvalue weighted by atomic mass is 35.5.